The van der Waals surface area contributed by atoms with Crippen molar-refractivity contribution >= 4 is 41.5 Å². The summed E-state index contributed by atoms with van der Waals surface area (Å²) in [6.45, 7) is -0.401. The molecule has 0 spiro atoms. The third-order valence-corrected chi connectivity index (χ3v) is 4.17. The molecule has 31 heavy (non-hydrogen) atoms. The fourth-order valence-corrected chi connectivity index (χ4v) is 2.84. The quantitative estimate of drug-likeness (QED) is 0.296. The van der Waals surface area contributed by atoms with E-state index in [0.717, 1.165) is 11.1 Å². The van der Waals surface area contributed by atoms with Gasteiger partial charge >= 0.3 is 6.61 Å². The molecule has 0 aliphatic heterocycles. The van der Waals surface area contributed by atoms with Gasteiger partial charge in [-0.15, -0.1) is 24.0 Å². The van der Waals surface area contributed by atoms with Crippen molar-refractivity contribution in [3.05, 3.63) is 53.6 Å². The van der Waals surface area contributed by atoms with Crippen LogP contribution in [0.25, 0.3) is 0 Å². The normalized spacial score (nSPS) is 10.9. The molecule has 1 amide bonds. The number of ether oxygens (including phenoxy) is 2. The predicted octanol–water partition coefficient (Wildman–Crippen LogP) is 4.08. The zero-order valence-corrected chi connectivity index (χ0v) is 20.1. The molecule has 0 saturated heterocycles. The Morgan fingerprint density at radius 3 is 2.35 bits per heavy atom. The fraction of sp³-hybridized carbons (Fsp3) is 0.333. The van der Waals surface area contributed by atoms with Crippen LogP contribution in [0.2, 0.25) is 0 Å². The second kappa shape index (κ2) is 12.9. The van der Waals surface area contributed by atoms with E-state index in [-0.39, 0.29) is 35.6 Å². The minimum Gasteiger partial charge on any atom is -0.495 e. The highest BCUT2D eigenvalue weighted by Crippen LogP contribution is 2.25. The maximum Gasteiger partial charge on any atom is 0.387 e. The Morgan fingerprint density at radius 1 is 1.16 bits per heavy atom. The van der Waals surface area contributed by atoms with Crippen LogP contribution < -0.4 is 20.1 Å². The second-order valence-corrected chi connectivity index (χ2v) is 6.50. The number of methoxy groups -OCH3 is 1. The molecular formula is C21H27F2IN4O3. The number of guanidine groups is 1. The molecule has 0 heterocycles. The first-order valence-corrected chi connectivity index (χ1v) is 9.22. The first-order chi connectivity index (χ1) is 14.3. The van der Waals surface area contributed by atoms with Gasteiger partial charge in [0.1, 0.15) is 11.5 Å². The van der Waals surface area contributed by atoms with Gasteiger partial charge in [0.25, 0.3) is 0 Å². The van der Waals surface area contributed by atoms with E-state index in [4.69, 9.17) is 4.74 Å². The van der Waals surface area contributed by atoms with Gasteiger partial charge < -0.3 is 25.0 Å². The molecule has 10 heteroatoms. The van der Waals surface area contributed by atoms with Gasteiger partial charge in [-0.1, -0.05) is 18.2 Å². The topological polar surface area (TPSA) is 75.2 Å². The number of benzene rings is 2. The molecule has 0 saturated carbocycles. The zero-order chi connectivity index (χ0) is 22.1. The Kier molecular flexibility index (Phi) is 11.0. The molecule has 0 aliphatic rings. The van der Waals surface area contributed by atoms with E-state index in [9.17, 15) is 13.6 Å². The number of hydrogen-bond donors (Lipinski definition) is 2. The number of anilines is 1. The summed E-state index contributed by atoms with van der Waals surface area (Å²) in [6.07, 6.45) is 0. The van der Waals surface area contributed by atoms with Crippen molar-refractivity contribution in [1.82, 2.24) is 10.2 Å². The summed E-state index contributed by atoms with van der Waals surface area (Å²) in [5.41, 5.74) is 2.45. The van der Waals surface area contributed by atoms with Crippen LogP contribution in [0.15, 0.2) is 47.5 Å². The maximum atomic E-state index is 12.3. The predicted molar refractivity (Wildman–Crippen MR) is 127 cm³/mol. The van der Waals surface area contributed by atoms with Crippen LogP contribution in [-0.4, -0.2) is 44.6 Å². The van der Waals surface area contributed by atoms with Crippen molar-refractivity contribution in [1.29, 1.82) is 0 Å². The molecular weight excluding hydrogens is 521 g/mol. The molecule has 0 aliphatic carbocycles. The van der Waals surface area contributed by atoms with E-state index in [1.807, 2.05) is 24.1 Å². The number of nitrogens with one attached hydrogen (secondary N) is 2. The average molecular weight is 548 g/mol. The molecule has 0 unspecified atom stereocenters. The number of hydrogen-bond acceptors (Lipinski definition) is 4. The second-order valence-electron chi connectivity index (χ2n) is 6.50. The lowest BCUT2D eigenvalue weighted by atomic mass is 10.2. The lowest BCUT2D eigenvalue weighted by Gasteiger charge is -2.22. The first kappa shape index (κ1) is 26.4. The van der Waals surface area contributed by atoms with Crippen LogP contribution in [-0.2, 0) is 17.9 Å². The van der Waals surface area contributed by atoms with Crippen LogP contribution in [0.5, 0.6) is 11.5 Å². The summed E-state index contributed by atoms with van der Waals surface area (Å²) in [5, 5.41) is 6.01. The van der Waals surface area contributed by atoms with Crippen molar-refractivity contribution in [3.63, 3.8) is 0 Å². The lowest BCUT2D eigenvalue weighted by molar-refractivity contribution is -0.114. The molecule has 0 aromatic heterocycles. The molecule has 0 atom stereocenters. The van der Waals surface area contributed by atoms with Crippen LogP contribution in [0.1, 0.15) is 18.1 Å². The minimum absolute atomic E-state index is 0. The van der Waals surface area contributed by atoms with E-state index in [1.165, 1.54) is 19.1 Å². The average Bonchev–Trinajstić information content (AvgIpc) is 2.69. The van der Waals surface area contributed by atoms with Crippen molar-refractivity contribution in [3.8, 4) is 11.5 Å². The first-order valence-electron chi connectivity index (χ1n) is 9.22. The summed E-state index contributed by atoms with van der Waals surface area (Å²) < 4.78 is 34.1. The Morgan fingerprint density at radius 2 is 1.81 bits per heavy atom. The number of halogens is 3. The van der Waals surface area contributed by atoms with Gasteiger partial charge in [0, 0.05) is 34.1 Å². The largest absolute Gasteiger partial charge is 0.495 e. The summed E-state index contributed by atoms with van der Waals surface area (Å²) in [7, 11) is 5.09. The molecule has 2 rings (SSSR count). The number of rotatable bonds is 8. The third kappa shape index (κ3) is 8.56. The molecule has 2 aromatic carbocycles. The number of carbonyl (C=O) groups is 1. The van der Waals surface area contributed by atoms with Gasteiger partial charge in [-0.05, 0) is 35.4 Å². The van der Waals surface area contributed by atoms with Crippen molar-refractivity contribution in [2.45, 2.75) is 26.6 Å². The standard InChI is InChI=1S/C21H26F2N4O3.HI/c1-14(28)26-18-11-16(7-10-19(18)29-4)12-25-21(24-2)27(3)13-15-5-8-17(9-6-15)30-20(22)23;/h5-11,20H,12-13H2,1-4H3,(H,24,25)(H,26,28);1H. The van der Waals surface area contributed by atoms with Gasteiger partial charge in [-0.2, -0.15) is 8.78 Å². The Bertz CT molecular complexity index is 879. The van der Waals surface area contributed by atoms with Crippen molar-refractivity contribution in [2.24, 2.45) is 4.99 Å². The van der Waals surface area contributed by atoms with E-state index in [0.29, 0.717) is 30.5 Å². The van der Waals surface area contributed by atoms with Crippen LogP contribution >= 0.6 is 24.0 Å². The summed E-state index contributed by atoms with van der Waals surface area (Å²) in [5.74, 6) is 1.17. The number of alkyl halides is 2. The monoisotopic (exact) mass is 548 g/mol. The SMILES string of the molecule is CN=C(NCc1ccc(OC)c(NC(C)=O)c1)N(C)Cc1ccc(OC(F)F)cc1.I. The van der Waals surface area contributed by atoms with Crippen LogP contribution in [0.4, 0.5) is 14.5 Å². The van der Waals surface area contributed by atoms with E-state index >= 15 is 0 Å². The van der Waals surface area contributed by atoms with Gasteiger partial charge in [-0.3, -0.25) is 9.79 Å². The molecule has 170 valence electrons. The molecule has 2 aromatic rings. The third-order valence-electron chi connectivity index (χ3n) is 4.17. The van der Waals surface area contributed by atoms with E-state index < -0.39 is 6.61 Å². The Balaban J connectivity index is 0.00000480. The van der Waals surface area contributed by atoms with Crippen molar-refractivity contribution < 1.29 is 23.0 Å². The van der Waals surface area contributed by atoms with E-state index in [1.54, 1.807) is 32.4 Å². The highest BCUT2D eigenvalue weighted by molar-refractivity contribution is 14.0. The van der Waals surface area contributed by atoms with Crippen LogP contribution in [0.3, 0.4) is 0 Å². The minimum atomic E-state index is -2.84. The zero-order valence-electron chi connectivity index (χ0n) is 17.8. The highest BCUT2D eigenvalue weighted by Gasteiger charge is 2.10. The summed E-state index contributed by atoms with van der Waals surface area (Å²) in [6, 6.07) is 12.0. The number of carbonyl (C=O) groups excluding carboxylic acids is 1. The van der Waals surface area contributed by atoms with Crippen molar-refractivity contribution in [2.75, 3.05) is 26.5 Å². The van der Waals surface area contributed by atoms with E-state index in [2.05, 4.69) is 20.4 Å². The molecule has 2 N–H and O–H groups in total. The molecule has 0 fully saturated rings. The van der Waals surface area contributed by atoms with Gasteiger partial charge in [0.2, 0.25) is 5.91 Å². The maximum absolute atomic E-state index is 12.3. The van der Waals surface area contributed by atoms with Gasteiger partial charge in [0.05, 0.1) is 12.8 Å². The van der Waals surface area contributed by atoms with Gasteiger partial charge in [-0.25, -0.2) is 0 Å². The Labute approximate surface area is 197 Å². The van der Waals surface area contributed by atoms with Crippen LogP contribution in [0, 0.1) is 0 Å². The summed E-state index contributed by atoms with van der Waals surface area (Å²) >= 11 is 0. The fourth-order valence-electron chi connectivity index (χ4n) is 2.84. The molecule has 7 nitrogen and oxygen atoms in total. The number of amides is 1. The summed E-state index contributed by atoms with van der Waals surface area (Å²) in [4.78, 5) is 17.6. The number of aliphatic imine (C=N–C) groups is 1. The van der Waals surface area contributed by atoms with Gasteiger partial charge in [0.15, 0.2) is 5.96 Å². The molecule has 0 bridgehead atoms. The highest BCUT2D eigenvalue weighted by atomic mass is 127. The molecule has 0 radical (unpaired) electrons. The Hall–Kier alpha value is -2.63. The smallest absolute Gasteiger partial charge is 0.387 e. The number of nitrogens with zero attached hydrogens (tertiary/aromatic N) is 2. The lowest BCUT2D eigenvalue weighted by Crippen LogP contribution is -2.38.